The molecule has 0 bridgehead atoms. The normalized spacial score (nSPS) is 25.5. The molecule has 1 aliphatic heterocycles. The highest BCUT2D eigenvalue weighted by molar-refractivity contribution is 5.28. The van der Waals surface area contributed by atoms with Crippen molar-refractivity contribution in [3.63, 3.8) is 0 Å². The summed E-state index contributed by atoms with van der Waals surface area (Å²) in [6.45, 7) is 1.77. The van der Waals surface area contributed by atoms with Crippen LogP contribution >= 0.6 is 0 Å². The first-order valence-electron chi connectivity index (χ1n) is 12.8. The highest BCUT2D eigenvalue weighted by atomic mass is 16.7. The fourth-order valence-electron chi connectivity index (χ4n) is 4.12. The topological polar surface area (TPSA) is 99.4 Å². The minimum Gasteiger partial charge on any atom is -0.462 e. The molecule has 6 nitrogen and oxygen atoms in total. The molecule has 1 aromatic carbocycles. The van der Waals surface area contributed by atoms with E-state index in [0.29, 0.717) is 5.75 Å². The lowest BCUT2D eigenvalue weighted by Crippen LogP contribution is -2.60. The number of aliphatic hydroxyl groups excluding tert-OH is 4. The number of hydrogen-bond acceptors (Lipinski definition) is 6. The summed E-state index contributed by atoms with van der Waals surface area (Å²) in [5, 5.41) is 39.2. The Morgan fingerprint density at radius 3 is 2.21 bits per heavy atom. The van der Waals surface area contributed by atoms with Gasteiger partial charge in [-0.15, -0.1) is 0 Å². The van der Waals surface area contributed by atoms with Gasteiger partial charge in [-0.25, -0.2) is 0 Å². The molecule has 1 saturated heterocycles. The van der Waals surface area contributed by atoms with Crippen molar-refractivity contribution < 1.29 is 29.9 Å². The van der Waals surface area contributed by atoms with Crippen LogP contribution in [0.2, 0.25) is 0 Å². The van der Waals surface area contributed by atoms with Crippen molar-refractivity contribution in [1.29, 1.82) is 0 Å². The molecule has 33 heavy (non-hydrogen) atoms. The molecular formula is C27H44O6. The molecule has 1 heterocycles. The first-order valence-corrected chi connectivity index (χ1v) is 12.8. The molecule has 6 heteroatoms. The van der Waals surface area contributed by atoms with E-state index in [1.54, 1.807) is 6.07 Å². The van der Waals surface area contributed by atoms with E-state index in [4.69, 9.17) is 9.47 Å². The molecule has 4 N–H and O–H groups in total. The first-order chi connectivity index (χ1) is 16.1. The Hall–Kier alpha value is -1.44. The summed E-state index contributed by atoms with van der Waals surface area (Å²) in [5.41, 5.74) is 1.14. The molecule has 2 rings (SSSR count). The molecule has 1 aliphatic rings. The smallest absolute Gasteiger partial charge is 0.229 e. The Kier molecular flexibility index (Phi) is 13.7. The highest BCUT2D eigenvalue weighted by Crippen LogP contribution is 2.25. The summed E-state index contributed by atoms with van der Waals surface area (Å²) >= 11 is 0. The number of ether oxygens (including phenoxy) is 2. The molecular weight excluding hydrogens is 420 g/mol. The van der Waals surface area contributed by atoms with Gasteiger partial charge in [-0.3, -0.25) is 0 Å². The summed E-state index contributed by atoms with van der Waals surface area (Å²) in [6.07, 6.45) is 13.1. The van der Waals surface area contributed by atoms with E-state index in [0.717, 1.165) is 18.4 Å². The van der Waals surface area contributed by atoms with Gasteiger partial charge in [0.15, 0.2) is 0 Å². The summed E-state index contributed by atoms with van der Waals surface area (Å²) in [4.78, 5) is 0. The van der Waals surface area contributed by atoms with Crippen LogP contribution in [0.4, 0.5) is 0 Å². The average molecular weight is 465 g/mol. The molecule has 0 aromatic heterocycles. The number of hydrogen-bond donors (Lipinski definition) is 4. The summed E-state index contributed by atoms with van der Waals surface area (Å²) in [5.74, 6) is 0.526. The second kappa shape index (κ2) is 16.2. The van der Waals surface area contributed by atoms with Crippen molar-refractivity contribution in [2.75, 3.05) is 6.61 Å². The number of rotatable bonds is 16. The van der Waals surface area contributed by atoms with Crippen molar-refractivity contribution >= 4 is 0 Å². The van der Waals surface area contributed by atoms with Gasteiger partial charge in [0, 0.05) is 0 Å². The largest absolute Gasteiger partial charge is 0.462 e. The number of aliphatic hydroxyl groups is 4. The second-order valence-corrected chi connectivity index (χ2v) is 9.09. The van der Waals surface area contributed by atoms with Gasteiger partial charge in [-0.05, 0) is 56.2 Å². The van der Waals surface area contributed by atoms with Crippen molar-refractivity contribution in [1.82, 2.24) is 0 Å². The van der Waals surface area contributed by atoms with Crippen molar-refractivity contribution in [2.24, 2.45) is 0 Å². The van der Waals surface area contributed by atoms with Crippen molar-refractivity contribution in [3.05, 3.63) is 42.0 Å². The molecule has 5 atom stereocenters. The standard InChI is InChI=1S/C27H44O6/c1-2-3-4-5-6-7-8-9-10-11-12-13-14-16-21-17-15-18-22(19-21)32-27-26(31)25(30)24(29)23(20-28)33-27/h7-8,15,17-19,23-31H,2-6,9-14,16,20H2,1H3/b8-7-/t23-,24-,25+,26-,27-/m1/s1. The van der Waals surface area contributed by atoms with Crippen LogP contribution in [0, 0.1) is 0 Å². The molecule has 0 aliphatic carbocycles. The van der Waals surface area contributed by atoms with E-state index in [1.807, 2.05) is 18.2 Å². The number of allylic oxidation sites excluding steroid dienone is 2. The van der Waals surface area contributed by atoms with Crippen LogP contribution in [0.25, 0.3) is 0 Å². The fourth-order valence-corrected chi connectivity index (χ4v) is 4.12. The fraction of sp³-hybridized carbons (Fsp3) is 0.704. The lowest BCUT2D eigenvalue weighted by molar-refractivity contribution is -0.277. The lowest BCUT2D eigenvalue weighted by Gasteiger charge is -2.39. The Bertz CT molecular complexity index is 662. The number of unbranched alkanes of at least 4 members (excludes halogenated alkanes) is 9. The predicted octanol–water partition coefficient (Wildman–Crippen LogP) is 4.28. The van der Waals surface area contributed by atoms with E-state index >= 15 is 0 Å². The molecule has 0 amide bonds. The lowest BCUT2D eigenvalue weighted by atomic mass is 9.99. The SMILES string of the molecule is CCCCCC/C=C\CCCCCCCc1cccc(O[C@@H]2O[C@H](CO)[C@@H](O)[C@H](O)[C@H]2O)c1. The van der Waals surface area contributed by atoms with Crippen LogP contribution in [-0.2, 0) is 11.2 Å². The molecule has 0 spiro atoms. The van der Waals surface area contributed by atoms with Crippen molar-refractivity contribution in [3.8, 4) is 5.75 Å². The van der Waals surface area contributed by atoms with Crippen LogP contribution in [0.1, 0.15) is 83.1 Å². The zero-order chi connectivity index (χ0) is 23.9. The third-order valence-electron chi connectivity index (χ3n) is 6.23. The van der Waals surface area contributed by atoms with E-state index in [9.17, 15) is 20.4 Å². The highest BCUT2D eigenvalue weighted by Gasteiger charge is 2.44. The summed E-state index contributed by atoms with van der Waals surface area (Å²) in [6, 6.07) is 7.61. The van der Waals surface area contributed by atoms with E-state index in [2.05, 4.69) is 19.1 Å². The van der Waals surface area contributed by atoms with Crippen LogP contribution in [0.3, 0.4) is 0 Å². The molecule has 1 fully saturated rings. The molecule has 0 saturated carbocycles. The predicted molar refractivity (Wildman–Crippen MR) is 130 cm³/mol. The van der Waals surface area contributed by atoms with Crippen molar-refractivity contribution in [2.45, 2.75) is 115 Å². The summed E-state index contributed by atoms with van der Waals surface area (Å²) in [7, 11) is 0. The van der Waals surface area contributed by atoms with E-state index < -0.39 is 37.3 Å². The number of aryl methyl sites for hydroxylation is 1. The minimum absolute atomic E-state index is 0.472. The monoisotopic (exact) mass is 464 g/mol. The van der Waals surface area contributed by atoms with Gasteiger partial charge in [0.2, 0.25) is 6.29 Å². The van der Waals surface area contributed by atoms with Gasteiger partial charge in [-0.2, -0.15) is 0 Å². The maximum absolute atomic E-state index is 10.1. The van der Waals surface area contributed by atoms with Gasteiger partial charge >= 0.3 is 0 Å². The van der Waals surface area contributed by atoms with E-state index in [-0.39, 0.29) is 0 Å². The van der Waals surface area contributed by atoms with Gasteiger partial charge in [0.1, 0.15) is 30.2 Å². The van der Waals surface area contributed by atoms with Crippen LogP contribution in [0.15, 0.2) is 36.4 Å². The Labute approximate surface area is 199 Å². The van der Waals surface area contributed by atoms with E-state index in [1.165, 1.54) is 64.2 Å². The molecule has 0 radical (unpaired) electrons. The van der Waals surface area contributed by atoms with Gasteiger partial charge in [-0.1, -0.05) is 69.7 Å². The number of benzene rings is 1. The zero-order valence-corrected chi connectivity index (χ0v) is 20.1. The summed E-state index contributed by atoms with van der Waals surface area (Å²) < 4.78 is 11.1. The van der Waals surface area contributed by atoms with Crippen LogP contribution < -0.4 is 4.74 Å². The quantitative estimate of drug-likeness (QED) is 0.215. The first kappa shape index (κ1) is 27.8. The third kappa shape index (κ3) is 10.1. The molecule has 188 valence electrons. The Morgan fingerprint density at radius 2 is 1.52 bits per heavy atom. The molecule has 0 unspecified atom stereocenters. The van der Waals surface area contributed by atoms with Gasteiger partial charge in [0.05, 0.1) is 6.61 Å². The zero-order valence-electron chi connectivity index (χ0n) is 20.1. The van der Waals surface area contributed by atoms with Gasteiger partial charge in [0.25, 0.3) is 0 Å². The second-order valence-electron chi connectivity index (χ2n) is 9.09. The van der Waals surface area contributed by atoms with Crippen LogP contribution in [-0.4, -0.2) is 57.7 Å². The maximum atomic E-state index is 10.1. The maximum Gasteiger partial charge on any atom is 0.229 e. The third-order valence-corrected chi connectivity index (χ3v) is 6.23. The Balaban J connectivity index is 1.62. The molecule has 1 aromatic rings. The van der Waals surface area contributed by atoms with Crippen LogP contribution in [0.5, 0.6) is 5.75 Å². The Morgan fingerprint density at radius 1 is 0.848 bits per heavy atom. The minimum atomic E-state index is -1.44. The average Bonchev–Trinajstić information content (AvgIpc) is 2.82. The van der Waals surface area contributed by atoms with Gasteiger partial charge < -0.3 is 29.9 Å².